The van der Waals surface area contributed by atoms with Gasteiger partial charge in [-0.25, -0.2) is 0 Å². The minimum absolute atomic E-state index is 0.527. The van der Waals surface area contributed by atoms with Crippen molar-refractivity contribution in [3.8, 4) is 25.9 Å². The number of nitrogens with zero attached hydrogens (tertiary/aromatic N) is 4. The standard InChI is InChI=1S/C92H140N4O2S7/c1-10-18-26-34-38-46-52-67(50-42-30-22-14-5)62-71-58-60-73(99-71)76-75(66-97)101-90-84-86(102-88(76)90)78-80-81(94-105-93-80)79-83(82(78)95(84)64-69(54-44-32-24-16-7)56-48-40-36-28-20-12-3)96(65-70(55-45-33-25-17-8)57-49-41-37-29-21-13-4)85-87(79)103-89-77(92(98-9)104-91(85)89)74-61-59-72(100-74)63-68(51-43-31-23-15-6)53-47-39-35-27-19-11-2/h58-61,66-70H,10-57,62-65H2,1-9H3. The Morgan fingerprint density at radius 2 is 0.657 bits per heavy atom. The number of thiophene rings is 6. The van der Waals surface area contributed by atoms with E-state index in [-0.39, 0.29) is 0 Å². The Bertz CT molecular complexity index is 4090. The van der Waals surface area contributed by atoms with Gasteiger partial charge in [0.25, 0.3) is 0 Å². The van der Waals surface area contributed by atoms with E-state index in [9.17, 15) is 4.79 Å². The number of rotatable bonds is 60. The van der Waals surface area contributed by atoms with Crippen LogP contribution in [0.4, 0.5) is 0 Å². The van der Waals surface area contributed by atoms with Crippen molar-refractivity contribution in [2.24, 2.45) is 23.7 Å². The SMILES string of the molecule is CCCCCCCCC(CCCCCC)Cc1ccc(-c2c(C=O)sc3c2sc2c4c5nsnc5c5c6sc7c(-c8ccc(CC(CCCCCC)CCCCCCCC)s8)c(OC)sc7c6n(CC(CCCCCC)CCCCCCCC)c5c4n(CC(CCCCCC)CCCCCCCC)c32)s1. The summed E-state index contributed by atoms with van der Waals surface area (Å²) < 4.78 is 31.7. The lowest BCUT2D eigenvalue weighted by Crippen LogP contribution is -2.14. The van der Waals surface area contributed by atoms with Gasteiger partial charge in [-0.2, -0.15) is 8.75 Å². The molecule has 1 aromatic carbocycles. The van der Waals surface area contributed by atoms with Gasteiger partial charge in [0.2, 0.25) is 0 Å². The van der Waals surface area contributed by atoms with Crippen molar-refractivity contribution >= 4 is 158 Å². The highest BCUT2D eigenvalue weighted by molar-refractivity contribution is 7.36. The van der Waals surface area contributed by atoms with Gasteiger partial charge in [-0.15, -0.1) is 56.7 Å². The summed E-state index contributed by atoms with van der Waals surface area (Å²) in [6.45, 7) is 20.8. The van der Waals surface area contributed by atoms with E-state index < -0.39 is 0 Å². The highest BCUT2D eigenvalue weighted by atomic mass is 32.1. The van der Waals surface area contributed by atoms with E-state index in [0.29, 0.717) is 17.8 Å². The molecule has 0 radical (unpaired) electrons. The van der Waals surface area contributed by atoms with E-state index in [0.717, 1.165) is 46.4 Å². The van der Waals surface area contributed by atoms with Crippen molar-refractivity contribution in [2.75, 3.05) is 7.11 Å². The lowest BCUT2D eigenvalue weighted by Gasteiger charge is -2.22. The predicted molar refractivity (Wildman–Crippen MR) is 477 cm³/mol. The lowest BCUT2D eigenvalue weighted by molar-refractivity contribution is 0.112. The normalized spacial score (nSPS) is 13.5. The molecule has 0 aliphatic rings. The first-order valence-corrected chi connectivity index (χ1v) is 49.6. The van der Waals surface area contributed by atoms with E-state index in [1.807, 2.05) is 52.5 Å². The fourth-order valence-electron chi connectivity index (χ4n) is 17.8. The Kier molecular flexibility index (Phi) is 36.9. The first-order chi connectivity index (χ1) is 51.8. The Morgan fingerprint density at radius 1 is 0.343 bits per heavy atom. The number of aldehydes is 1. The molecule has 6 nitrogen and oxygen atoms in total. The Hall–Kier alpha value is -3.17. The number of fused-ring (bicyclic) bond motifs is 14. The van der Waals surface area contributed by atoms with E-state index in [2.05, 4.69) is 100 Å². The van der Waals surface area contributed by atoms with Gasteiger partial charge in [0.1, 0.15) is 11.0 Å². The molecule has 4 atom stereocenters. The van der Waals surface area contributed by atoms with Gasteiger partial charge in [-0.05, 0) is 86.5 Å². The fourth-order valence-corrected chi connectivity index (χ4v) is 26.6. The molecule has 10 aromatic rings. The van der Waals surface area contributed by atoms with Gasteiger partial charge >= 0.3 is 0 Å². The average molecular weight is 1560 g/mol. The largest absolute Gasteiger partial charge is 0.487 e. The molecular formula is C92H140N4O2S7. The third kappa shape index (κ3) is 22.6. The van der Waals surface area contributed by atoms with Crippen molar-refractivity contribution in [3.63, 3.8) is 0 Å². The summed E-state index contributed by atoms with van der Waals surface area (Å²) in [6.07, 6.45) is 67.0. The van der Waals surface area contributed by atoms with E-state index in [1.165, 1.54) is 424 Å². The van der Waals surface area contributed by atoms with Gasteiger partial charge < -0.3 is 13.9 Å². The third-order valence-electron chi connectivity index (χ3n) is 23.9. The van der Waals surface area contributed by atoms with Crippen LogP contribution in [0.3, 0.4) is 0 Å². The smallest absolute Gasteiger partial charge is 0.184 e. The summed E-state index contributed by atoms with van der Waals surface area (Å²) in [5, 5.41) is 3.68. The highest BCUT2D eigenvalue weighted by Crippen LogP contribution is 2.59. The first kappa shape index (κ1) is 84.3. The number of hydrogen-bond donors (Lipinski definition) is 0. The molecule has 10 rings (SSSR count). The third-order valence-corrected chi connectivity index (χ3v) is 31.6. The maximum Gasteiger partial charge on any atom is 0.184 e. The number of unbranched alkanes of at least 4 members (excludes halogenated alkanes) is 32. The van der Waals surface area contributed by atoms with Crippen molar-refractivity contribution in [1.82, 2.24) is 17.9 Å². The van der Waals surface area contributed by atoms with Gasteiger partial charge in [0.05, 0.1) is 79.5 Å². The number of ether oxygens (including phenoxy) is 1. The molecule has 0 saturated carbocycles. The van der Waals surface area contributed by atoms with Gasteiger partial charge in [0.15, 0.2) is 11.3 Å². The van der Waals surface area contributed by atoms with Crippen molar-refractivity contribution in [1.29, 1.82) is 0 Å². The molecule has 0 spiro atoms. The first-order valence-electron chi connectivity index (χ1n) is 44.0. The van der Waals surface area contributed by atoms with Crippen LogP contribution in [0.2, 0.25) is 0 Å². The quantitative estimate of drug-likeness (QED) is 0.0282. The molecule has 0 amide bonds. The van der Waals surface area contributed by atoms with Crippen molar-refractivity contribution in [2.45, 2.75) is 390 Å². The van der Waals surface area contributed by atoms with Crippen LogP contribution in [0.1, 0.15) is 383 Å². The number of hydrogen-bond acceptors (Lipinski definition) is 11. The molecule has 582 valence electrons. The zero-order valence-electron chi connectivity index (χ0n) is 67.4. The molecule has 105 heavy (non-hydrogen) atoms. The minimum atomic E-state index is 0.527. The maximum atomic E-state index is 14.0. The molecule has 0 N–H and O–H groups in total. The molecular weight excluding hydrogens is 1420 g/mol. The number of carbonyl (C=O) groups is 1. The molecule has 13 heteroatoms. The van der Waals surface area contributed by atoms with Gasteiger partial charge in [0, 0.05) is 48.9 Å². The number of methoxy groups -OCH3 is 1. The van der Waals surface area contributed by atoms with Crippen LogP contribution in [-0.2, 0) is 25.9 Å². The minimum Gasteiger partial charge on any atom is -0.487 e. The summed E-state index contributed by atoms with van der Waals surface area (Å²) in [5.74, 6) is 2.52. The number of carbonyl (C=O) groups excluding carboxylic acids is 1. The van der Waals surface area contributed by atoms with Crippen LogP contribution in [-0.4, -0.2) is 31.3 Å². The predicted octanol–water partition coefficient (Wildman–Crippen LogP) is 34.2. The van der Waals surface area contributed by atoms with E-state index in [1.54, 1.807) is 11.3 Å². The van der Waals surface area contributed by atoms with Crippen LogP contribution in [0.25, 0.3) is 93.0 Å². The molecule has 4 unspecified atom stereocenters. The van der Waals surface area contributed by atoms with Crippen LogP contribution in [0.5, 0.6) is 5.06 Å². The van der Waals surface area contributed by atoms with Crippen molar-refractivity contribution < 1.29 is 9.53 Å². The summed E-state index contributed by atoms with van der Waals surface area (Å²) in [4.78, 5) is 20.5. The zero-order valence-corrected chi connectivity index (χ0v) is 73.1. The summed E-state index contributed by atoms with van der Waals surface area (Å²) in [6, 6.07) is 9.81. The maximum absolute atomic E-state index is 14.0. The number of benzene rings is 1. The lowest BCUT2D eigenvalue weighted by atomic mass is 9.91. The number of aromatic nitrogens is 4. The zero-order chi connectivity index (χ0) is 73.5. The van der Waals surface area contributed by atoms with Gasteiger partial charge in [-0.3, -0.25) is 4.79 Å². The van der Waals surface area contributed by atoms with Crippen LogP contribution in [0, 0.1) is 23.7 Å². The summed E-state index contributed by atoms with van der Waals surface area (Å²) in [5.41, 5.74) is 10.2. The second kappa shape index (κ2) is 46.0. The molecule has 0 aliphatic carbocycles. The molecule has 0 saturated heterocycles. The Balaban J connectivity index is 1.17. The van der Waals surface area contributed by atoms with Gasteiger partial charge in [-0.1, -0.05) is 349 Å². The molecule has 9 heterocycles. The van der Waals surface area contributed by atoms with E-state index in [4.69, 9.17) is 13.5 Å². The topological polar surface area (TPSA) is 61.9 Å². The monoisotopic (exact) mass is 1560 g/mol. The second-order valence-electron chi connectivity index (χ2n) is 32.5. The average Bonchev–Trinajstić information content (AvgIpc) is 1.51. The summed E-state index contributed by atoms with van der Waals surface area (Å²) in [7, 11) is 1.94. The fraction of sp³-hybridized carbons (Fsp3) is 0.707. The van der Waals surface area contributed by atoms with E-state index >= 15 is 0 Å². The second-order valence-corrected chi connectivity index (χ2v) is 39.4. The summed E-state index contributed by atoms with van der Waals surface area (Å²) >= 11 is 13.2. The van der Waals surface area contributed by atoms with Crippen LogP contribution in [0.15, 0.2) is 24.3 Å². The van der Waals surface area contributed by atoms with Crippen LogP contribution >= 0.6 is 79.7 Å². The molecule has 0 fully saturated rings. The molecule has 0 aliphatic heterocycles. The molecule has 0 bridgehead atoms. The molecule has 9 aromatic heterocycles. The Morgan fingerprint density at radius 3 is 1.01 bits per heavy atom. The Labute approximate surface area is 665 Å². The van der Waals surface area contributed by atoms with Crippen molar-refractivity contribution in [3.05, 3.63) is 38.9 Å². The highest BCUT2D eigenvalue weighted by Gasteiger charge is 2.34. The van der Waals surface area contributed by atoms with Crippen LogP contribution < -0.4 is 4.74 Å².